The van der Waals surface area contributed by atoms with Crippen molar-refractivity contribution in [3.05, 3.63) is 236 Å². The van der Waals surface area contributed by atoms with Crippen molar-refractivity contribution in [2.75, 3.05) is 4.90 Å². The quantitative estimate of drug-likeness (QED) is 0.160. The van der Waals surface area contributed by atoms with E-state index >= 15 is 0 Å². The molecule has 0 atom stereocenters. The summed E-state index contributed by atoms with van der Waals surface area (Å²) in [4.78, 5) is 2.48. The lowest BCUT2D eigenvalue weighted by Crippen LogP contribution is -2.16. The Balaban J connectivity index is 1.03. The third-order valence-electron chi connectivity index (χ3n) is 13.3. The van der Waals surface area contributed by atoms with E-state index in [0.29, 0.717) is 0 Å². The summed E-state index contributed by atoms with van der Waals surface area (Å²) in [6.07, 6.45) is 0. The molecule has 298 valence electrons. The molecule has 1 aliphatic rings. The summed E-state index contributed by atoms with van der Waals surface area (Å²) in [5.41, 5.74) is 19.8. The van der Waals surface area contributed by atoms with Crippen molar-refractivity contribution >= 4 is 49.8 Å². The Labute approximate surface area is 368 Å². The molecule has 1 aromatic heterocycles. The maximum Gasteiger partial charge on any atom is 0.136 e. The number of fused-ring (bicyclic) bond motifs is 7. The zero-order valence-corrected chi connectivity index (χ0v) is 35.2. The molecule has 2 nitrogen and oxygen atoms in total. The normalized spacial score (nSPS) is 12.7. The number of furan rings is 1. The Hall–Kier alpha value is -7.94. The predicted octanol–water partition coefficient (Wildman–Crippen LogP) is 17.2. The molecule has 0 saturated carbocycles. The highest BCUT2D eigenvalue weighted by atomic mass is 16.3. The highest BCUT2D eigenvalue weighted by Gasteiger charge is 2.38. The van der Waals surface area contributed by atoms with Gasteiger partial charge in [-0.25, -0.2) is 0 Å². The monoisotopic (exact) mass is 805 g/mol. The van der Waals surface area contributed by atoms with E-state index in [2.05, 4.69) is 243 Å². The van der Waals surface area contributed by atoms with Gasteiger partial charge in [0.25, 0.3) is 0 Å². The number of rotatable bonds is 7. The molecule has 0 aliphatic heterocycles. The van der Waals surface area contributed by atoms with Crippen LogP contribution in [0.25, 0.3) is 88.3 Å². The molecule has 0 radical (unpaired) electrons. The second-order valence-corrected chi connectivity index (χ2v) is 17.3. The van der Waals surface area contributed by atoms with Gasteiger partial charge in [0.15, 0.2) is 0 Å². The van der Waals surface area contributed by atoms with Crippen LogP contribution in [-0.4, -0.2) is 0 Å². The number of benzene rings is 10. The number of nitrogens with zero attached hydrogens (tertiary/aromatic N) is 1. The summed E-state index contributed by atoms with van der Waals surface area (Å²) in [7, 11) is 0. The van der Waals surface area contributed by atoms with Gasteiger partial charge in [0.2, 0.25) is 0 Å². The average Bonchev–Trinajstić information content (AvgIpc) is 3.82. The molecular weight excluding hydrogens is 763 g/mol. The first kappa shape index (κ1) is 36.9. The van der Waals surface area contributed by atoms with Crippen LogP contribution in [0.3, 0.4) is 0 Å². The molecule has 1 aliphatic carbocycles. The van der Waals surface area contributed by atoms with Crippen molar-refractivity contribution in [3.63, 3.8) is 0 Å². The van der Waals surface area contributed by atoms with Crippen LogP contribution in [0.15, 0.2) is 229 Å². The van der Waals surface area contributed by atoms with Crippen LogP contribution >= 0.6 is 0 Å². The third kappa shape index (κ3) is 6.09. The van der Waals surface area contributed by atoms with E-state index < -0.39 is 0 Å². The minimum absolute atomic E-state index is 0.142. The van der Waals surface area contributed by atoms with Crippen LogP contribution in [0.5, 0.6) is 0 Å². The van der Waals surface area contributed by atoms with Gasteiger partial charge in [-0.2, -0.15) is 0 Å². The van der Waals surface area contributed by atoms with Gasteiger partial charge in [-0.15, -0.1) is 0 Å². The van der Waals surface area contributed by atoms with Crippen molar-refractivity contribution in [2.24, 2.45) is 0 Å². The largest absolute Gasteiger partial charge is 0.456 e. The summed E-state index contributed by atoms with van der Waals surface area (Å²) in [6, 6.07) is 81.7. The Morgan fingerprint density at radius 1 is 0.349 bits per heavy atom. The van der Waals surface area contributed by atoms with Gasteiger partial charge < -0.3 is 9.32 Å². The summed E-state index contributed by atoms with van der Waals surface area (Å²) in [5.74, 6) is 0. The van der Waals surface area contributed by atoms with Gasteiger partial charge in [-0.05, 0) is 121 Å². The fourth-order valence-corrected chi connectivity index (χ4v) is 10.1. The van der Waals surface area contributed by atoms with E-state index in [9.17, 15) is 0 Å². The number of para-hydroxylation sites is 1. The molecule has 12 rings (SSSR count). The number of anilines is 3. The number of hydrogen-bond donors (Lipinski definition) is 0. The molecule has 0 bridgehead atoms. The zero-order valence-electron chi connectivity index (χ0n) is 35.2. The molecule has 1 heterocycles. The topological polar surface area (TPSA) is 16.4 Å². The second-order valence-electron chi connectivity index (χ2n) is 17.3. The van der Waals surface area contributed by atoms with Crippen molar-refractivity contribution in [2.45, 2.75) is 19.3 Å². The fourth-order valence-electron chi connectivity index (χ4n) is 10.1. The molecule has 0 amide bonds. The van der Waals surface area contributed by atoms with E-state index in [-0.39, 0.29) is 5.41 Å². The standard InChI is InChI=1S/C61H43NO/c1-61(2)54-24-13-11-23-50(54)60-55(61)25-15-27-57(60)62(47-32-28-40(29-33-47)45-30-34-48(41-16-5-3-6-17-41)51(36-45)42-18-7-4-8-19-42)56-26-14-12-22-49(56)46-31-35-58-52(38-46)53-37-43-20-9-10-21-44(43)39-59(53)63-58/h3-39H,1-2H3. The van der Waals surface area contributed by atoms with Crippen molar-refractivity contribution in [1.82, 2.24) is 0 Å². The second kappa shape index (κ2) is 14.6. The summed E-state index contributed by atoms with van der Waals surface area (Å²) in [6.45, 7) is 4.71. The molecule has 2 heteroatoms. The highest BCUT2D eigenvalue weighted by Crippen LogP contribution is 2.55. The van der Waals surface area contributed by atoms with Crippen LogP contribution in [-0.2, 0) is 5.41 Å². The lowest BCUT2D eigenvalue weighted by Gasteiger charge is -2.30. The molecule has 0 saturated heterocycles. The summed E-state index contributed by atoms with van der Waals surface area (Å²) in [5, 5.41) is 4.63. The van der Waals surface area contributed by atoms with Crippen LogP contribution in [0.1, 0.15) is 25.0 Å². The summed E-state index contributed by atoms with van der Waals surface area (Å²) >= 11 is 0. The first-order valence-corrected chi connectivity index (χ1v) is 21.8. The van der Waals surface area contributed by atoms with Crippen molar-refractivity contribution < 1.29 is 4.42 Å². The average molecular weight is 806 g/mol. The van der Waals surface area contributed by atoms with Gasteiger partial charge in [-0.3, -0.25) is 0 Å². The molecule has 0 unspecified atom stereocenters. The first-order valence-electron chi connectivity index (χ1n) is 21.8. The van der Waals surface area contributed by atoms with Crippen LogP contribution in [0, 0.1) is 0 Å². The maximum absolute atomic E-state index is 6.47. The van der Waals surface area contributed by atoms with Crippen LogP contribution in [0.2, 0.25) is 0 Å². The minimum Gasteiger partial charge on any atom is -0.456 e. The maximum atomic E-state index is 6.47. The lowest BCUT2D eigenvalue weighted by atomic mass is 9.82. The van der Waals surface area contributed by atoms with E-state index in [4.69, 9.17) is 4.42 Å². The van der Waals surface area contributed by atoms with Gasteiger partial charge in [0.1, 0.15) is 11.2 Å². The van der Waals surface area contributed by atoms with Gasteiger partial charge in [0, 0.05) is 33.0 Å². The first-order chi connectivity index (χ1) is 31.0. The van der Waals surface area contributed by atoms with Crippen molar-refractivity contribution in [1.29, 1.82) is 0 Å². The van der Waals surface area contributed by atoms with E-state index in [1.54, 1.807) is 0 Å². The molecule has 0 N–H and O–H groups in total. The Morgan fingerprint density at radius 2 is 0.937 bits per heavy atom. The molecular formula is C61H43NO. The van der Waals surface area contributed by atoms with Gasteiger partial charge in [0.05, 0.1) is 11.4 Å². The Kier molecular flexibility index (Phi) is 8.55. The minimum atomic E-state index is -0.142. The molecule has 0 spiro atoms. The summed E-state index contributed by atoms with van der Waals surface area (Å²) < 4.78 is 6.47. The van der Waals surface area contributed by atoms with Crippen LogP contribution in [0.4, 0.5) is 17.1 Å². The van der Waals surface area contributed by atoms with E-state index in [1.807, 2.05) is 0 Å². The predicted molar refractivity (Wildman–Crippen MR) is 265 cm³/mol. The lowest BCUT2D eigenvalue weighted by molar-refractivity contribution is 0.660. The third-order valence-corrected chi connectivity index (χ3v) is 13.3. The van der Waals surface area contributed by atoms with E-state index in [0.717, 1.165) is 50.1 Å². The molecule has 10 aromatic carbocycles. The SMILES string of the molecule is CC1(C)c2ccccc2-c2c(N(c3ccc(-c4ccc(-c5ccccc5)c(-c5ccccc5)c4)cc3)c3ccccc3-c3ccc4oc5cc6ccccc6cc5c4c3)cccc21. The van der Waals surface area contributed by atoms with Crippen molar-refractivity contribution in [3.8, 4) is 55.6 Å². The molecule has 11 aromatic rings. The fraction of sp³-hybridized carbons (Fsp3) is 0.0492. The van der Waals surface area contributed by atoms with Crippen LogP contribution < -0.4 is 4.90 Å². The molecule has 0 fully saturated rings. The smallest absolute Gasteiger partial charge is 0.136 e. The van der Waals surface area contributed by atoms with E-state index in [1.165, 1.54) is 66.4 Å². The molecule has 63 heavy (non-hydrogen) atoms. The Morgan fingerprint density at radius 3 is 1.71 bits per heavy atom. The zero-order chi connectivity index (χ0) is 42.1. The van der Waals surface area contributed by atoms with Gasteiger partial charge in [-0.1, -0.05) is 184 Å². The number of hydrogen-bond acceptors (Lipinski definition) is 2. The highest BCUT2D eigenvalue weighted by molar-refractivity contribution is 6.11. The Bertz CT molecular complexity index is 3520. The van der Waals surface area contributed by atoms with Gasteiger partial charge >= 0.3 is 0 Å².